The molecule has 82 valence electrons. The Balaban J connectivity index is 2.05. The summed E-state index contributed by atoms with van der Waals surface area (Å²) in [5, 5.41) is 3.25. The third kappa shape index (κ3) is 2.49. The third-order valence-electron chi connectivity index (χ3n) is 2.35. The lowest BCUT2D eigenvalue weighted by molar-refractivity contribution is 0.108. The fourth-order valence-electron chi connectivity index (χ4n) is 1.51. The molecule has 1 aromatic carbocycles. The summed E-state index contributed by atoms with van der Waals surface area (Å²) in [6, 6.07) is 9.98. The first-order chi connectivity index (χ1) is 7.77. The molecule has 2 rings (SSSR count). The van der Waals surface area contributed by atoms with Crippen LogP contribution in [0.4, 0.5) is 0 Å². The molecule has 0 radical (unpaired) electrons. The predicted octanol–water partition coefficient (Wildman–Crippen LogP) is 2.84. The molecule has 3 nitrogen and oxygen atoms in total. The van der Waals surface area contributed by atoms with Gasteiger partial charge < -0.3 is 4.52 Å². The van der Waals surface area contributed by atoms with Crippen molar-refractivity contribution in [2.75, 3.05) is 0 Å². The maximum atomic E-state index is 11.0. The number of carbonyl (C=O) groups is 1. The highest BCUT2D eigenvalue weighted by atomic mass is 35.5. The highest BCUT2D eigenvalue weighted by Gasteiger charge is 2.13. The molecule has 0 aliphatic carbocycles. The van der Waals surface area contributed by atoms with E-state index in [1.165, 1.54) is 11.8 Å². The largest absolute Gasteiger partial charge is 0.364 e. The van der Waals surface area contributed by atoms with Gasteiger partial charge in [-0.2, -0.15) is 0 Å². The van der Waals surface area contributed by atoms with E-state index in [4.69, 9.17) is 16.1 Å². The molecule has 2 aromatic rings. The number of nitrogens with zero attached hydrogens (tertiary/aromatic N) is 1. The SMILES string of the molecule is O=C(Cl)c1conc1CCc1ccccc1. The maximum Gasteiger partial charge on any atom is 0.257 e. The minimum absolute atomic E-state index is 0.359. The molecule has 0 N–H and O–H groups in total. The molecule has 4 heteroatoms. The molecule has 0 saturated heterocycles. The Morgan fingerprint density at radius 3 is 2.69 bits per heavy atom. The summed E-state index contributed by atoms with van der Waals surface area (Å²) in [5.74, 6) is 0. The van der Waals surface area contributed by atoms with Crippen molar-refractivity contribution in [3.8, 4) is 0 Å². The normalized spacial score (nSPS) is 10.3. The van der Waals surface area contributed by atoms with Gasteiger partial charge in [0.1, 0.15) is 6.26 Å². The van der Waals surface area contributed by atoms with Gasteiger partial charge in [-0.15, -0.1) is 0 Å². The lowest BCUT2D eigenvalue weighted by Crippen LogP contribution is -1.97. The summed E-state index contributed by atoms with van der Waals surface area (Å²) < 4.78 is 4.74. The highest BCUT2D eigenvalue weighted by molar-refractivity contribution is 6.67. The fraction of sp³-hybridized carbons (Fsp3) is 0.167. The van der Waals surface area contributed by atoms with Crippen LogP contribution in [-0.4, -0.2) is 10.4 Å². The van der Waals surface area contributed by atoms with Crippen LogP contribution in [0.5, 0.6) is 0 Å². The number of aryl methyl sites for hydroxylation is 2. The van der Waals surface area contributed by atoms with Crippen molar-refractivity contribution in [2.24, 2.45) is 0 Å². The first kappa shape index (κ1) is 10.9. The van der Waals surface area contributed by atoms with Crippen LogP contribution in [0.2, 0.25) is 0 Å². The predicted molar refractivity (Wildman–Crippen MR) is 60.5 cm³/mol. The molecule has 0 bridgehead atoms. The van der Waals surface area contributed by atoms with Gasteiger partial charge in [0.2, 0.25) is 0 Å². The first-order valence-electron chi connectivity index (χ1n) is 4.94. The van der Waals surface area contributed by atoms with E-state index in [2.05, 4.69) is 5.16 Å². The Morgan fingerprint density at radius 1 is 1.25 bits per heavy atom. The third-order valence-corrected chi connectivity index (χ3v) is 2.55. The van der Waals surface area contributed by atoms with Crippen molar-refractivity contribution < 1.29 is 9.32 Å². The standard InChI is InChI=1S/C12H10ClNO2/c13-12(15)10-8-16-14-11(10)7-6-9-4-2-1-3-5-9/h1-5,8H,6-7H2. The highest BCUT2D eigenvalue weighted by Crippen LogP contribution is 2.13. The smallest absolute Gasteiger partial charge is 0.257 e. The van der Waals surface area contributed by atoms with Crippen LogP contribution in [0.1, 0.15) is 21.6 Å². The second-order valence-electron chi connectivity index (χ2n) is 3.43. The van der Waals surface area contributed by atoms with Gasteiger partial charge in [-0.1, -0.05) is 35.5 Å². The van der Waals surface area contributed by atoms with Gasteiger partial charge in [0.05, 0.1) is 11.3 Å². The molecule has 0 amide bonds. The number of benzene rings is 1. The molecular formula is C12H10ClNO2. The van der Waals surface area contributed by atoms with Gasteiger partial charge in [0.25, 0.3) is 5.24 Å². The number of hydrogen-bond acceptors (Lipinski definition) is 3. The van der Waals surface area contributed by atoms with Crippen molar-refractivity contribution >= 4 is 16.8 Å². The van der Waals surface area contributed by atoms with E-state index in [1.807, 2.05) is 30.3 Å². The molecule has 0 atom stereocenters. The van der Waals surface area contributed by atoms with Gasteiger partial charge >= 0.3 is 0 Å². The summed E-state index contributed by atoms with van der Waals surface area (Å²) >= 11 is 5.39. The van der Waals surface area contributed by atoms with E-state index >= 15 is 0 Å². The summed E-state index contributed by atoms with van der Waals surface area (Å²) in [7, 11) is 0. The van der Waals surface area contributed by atoms with E-state index < -0.39 is 5.24 Å². The van der Waals surface area contributed by atoms with E-state index in [-0.39, 0.29) is 0 Å². The Morgan fingerprint density at radius 2 is 2.00 bits per heavy atom. The van der Waals surface area contributed by atoms with Crippen LogP contribution >= 0.6 is 11.6 Å². The zero-order valence-corrected chi connectivity index (χ0v) is 9.28. The van der Waals surface area contributed by atoms with Gasteiger partial charge in [-0.3, -0.25) is 4.79 Å². The first-order valence-corrected chi connectivity index (χ1v) is 5.32. The molecule has 0 unspecified atom stereocenters. The van der Waals surface area contributed by atoms with Crippen molar-refractivity contribution in [1.29, 1.82) is 0 Å². The van der Waals surface area contributed by atoms with Crippen LogP contribution in [0, 0.1) is 0 Å². The number of rotatable bonds is 4. The number of aromatic nitrogens is 1. The Labute approximate surface area is 98.0 Å². The van der Waals surface area contributed by atoms with E-state index in [0.29, 0.717) is 17.7 Å². The summed E-state index contributed by atoms with van der Waals surface area (Å²) in [6.07, 6.45) is 2.74. The molecular weight excluding hydrogens is 226 g/mol. The van der Waals surface area contributed by atoms with Crippen LogP contribution in [0.3, 0.4) is 0 Å². The summed E-state index contributed by atoms with van der Waals surface area (Å²) in [4.78, 5) is 11.0. The van der Waals surface area contributed by atoms with Gasteiger partial charge in [-0.05, 0) is 30.0 Å². The van der Waals surface area contributed by atoms with Crippen molar-refractivity contribution in [1.82, 2.24) is 5.16 Å². The van der Waals surface area contributed by atoms with Gasteiger partial charge in [-0.25, -0.2) is 0 Å². The summed E-state index contributed by atoms with van der Waals surface area (Å²) in [6.45, 7) is 0. The van der Waals surface area contributed by atoms with Crippen molar-refractivity contribution in [3.05, 3.63) is 53.4 Å². The number of hydrogen-bond donors (Lipinski definition) is 0. The number of halogens is 1. The molecule has 0 aliphatic heterocycles. The second kappa shape index (κ2) is 4.94. The van der Waals surface area contributed by atoms with Crippen LogP contribution in [0.25, 0.3) is 0 Å². The average Bonchev–Trinajstić information content (AvgIpc) is 2.76. The maximum absolute atomic E-state index is 11.0. The van der Waals surface area contributed by atoms with Gasteiger partial charge in [0.15, 0.2) is 0 Å². The lowest BCUT2D eigenvalue weighted by atomic mass is 10.1. The molecule has 16 heavy (non-hydrogen) atoms. The Hall–Kier alpha value is -1.61. The van der Waals surface area contributed by atoms with Gasteiger partial charge in [0, 0.05) is 0 Å². The second-order valence-corrected chi connectivity index (χ2v) is 3.78. The van der Waals surface area contributed by atoms with E-state index in [1.54, 1.807) is 0 Å². The van der Waals surface area contributed by atoms with Crippen LogP contribution < -0.4 is 0 Å². The summed E-state index contributed by atoms with van der Waals surface area (Å²) in [5.41, 5.74) is 2.17. The Kier molecular flexibility index (Phi) is 3.37. The fourth-order valence-corrected chi connectivity index (χ4v) is 1.66. The molecule has 1 aromatic heterocycles. The van der Waals surface area contributed by atoms with E-state index in [9.17, 15) is 4.79 Å². The Bertz CT molecular complexity index is 479. The monoisotopic (exact) mass is 235 g/mol. The molecule has 0 aliphatic rings. The average molecular weight is 236 g/mol. The topological polar surface area (TPSA) is 43.1 Å². The zero-order valence-electron chi connectivity index (χ0n) is 8.52. The minimum Gasteiger partial charge on any atom is -0.364 e. The van der Waals surface area contributed by atoms with Crippen LogP contribution in [0.15, 0.2) is 41.1 Å². The molecule has 0 saturated carbocycles. The zero-order chi connectivity index (χ0) is 11.4. The molecule has 0 spiro atoms. The lowest BCUT2D eigenvalue weighted by Gasteiger charge is -1.98. The van der Waals surface area contributed by atoms with Crippen LogP contribution in [-0.2, 0) is 12.8 Å². The van der Waals surface area contributed by atoms with E-state index in [0.717, 1.165) is 6.42 Å². The minimum atomic E-state index is -0.524. The number of carbonyl (C=O) groups excluding carboxylic acids is 1. The van der Waals surface area contributed by atoms with Crippen molar-refractivity contribution in [3.63, 3.8) is 0 Å². The molecule has 1 heterocycles. The van der Waals surface area contributed by atoms with Crippen molar-refractivity contribution in [2.45, 2.75) is 12.8 Å². The molecule has 0 fully saturated rings. The quantitative estimate of drug-likeness (QED) is 0.766.